The van der Waals surface area contributed by atoms with Gasteiger partial charge in [0.2, 0.25) is 5.91 Å². The lowest BCUT2D eigenvalue weighted by molar-refractivity contribution is -0.192. The molecule has 1 saturated carbocycles. The van der Waals surface area contributed by atoms with Gasteiger partial charge in [0.1, 0.15) is 0 Å². The zero-order valence-electron chi connectivity index (χ0n) is 22.8. The van der Waals surface area contributed by atoms with Gasteiger partial charge in [-0.05, 0) is 60.4 Å². The third kappa shape index (κ3) is 9.28. The van der Waals surface area contributed by atoms with Gasteiger partial charge in [-0.1, -0.05) is 12.1 Å². The Bertz CT molecular complexity index is 1240. The number of amides is 1. The topological polar surface area (TPSA) is 146 Å². The molecule has 1 fully saturated rings. The molecule has 0 unspecified atom stereocenters. The number of nitrogens with two attached hydrogens (primary N) is 1. The van der Waals surface area contributed by atoms with Crippen molar-refractivity contribution in [1.82, 2.24) is 5.32 Å². The van der Waals surface area contributed by atoms with E-state index in [0.717, 1.165) is 11.1 Å². The van der Waals surface area contributed by atoms with Crippen LogP contribution in [-0.4, -0.2) is 70.0 Å². The fraction of sp³-hybridized carbons (Fsp3) is 0.321. The van der Waals surface area contributed by atoms with Crippen LogP contribution < -0.4 is 30.0 Å². The number of benzene rings is 2. The number of nitrogens with one attached hydrogen (secondary N) is 1. The van der Waals surface area contributed by atoms with E-state index in [1.165, 1.54) is 0 Å². The summed E-state index contributed by atoms with van der Waals surface area (Å²) in [6.45, 7) is -0.117. The molecule has 0 bridgehead atoms. The number of halogens is 3. The van der Waals surface area contributed by atoms with E-state index in [2.05, 4.69) is 5.32 Å². The average molecular weight is 581 g/mol. The van der Waals surface area contributed by atoms with Gasteiger partial charge >= 0.3 is 12.1 Å². The van der Waals surface area contributed by atoms with Crippen LogP contribution in [0.15, 0.2) is 47.5 Å². The van der Waals surface area contributed by atoms with Crippen LogP contribution in [0.2, 0.25) is 0 Å². The highest BCUT2D eigenvalue weighted by Crippen LogP contribution is 2.33. The van der Waals surface area contributed by atoms with E-state index < -0.39 is 12.1 Å². The van der Waals surface area contributed by atoms with Crippen molar-refractivity contribution in [1.29, 1.82) is 0 Å². The van der Waals surface area contributed by atoms with Gasteiger partial charge in [0.15, 0.2) is 28.8 Å². The van der Waals surface area contributed by atoms with Gasteiger partial charge in [-0.15, -0.1) is 0 Å². The van der Waals surface area contributed by atoms with Crippen LogP contribution in [0.25, 0.3) is 12.2 Å². The lowest BCUT2D eigenvalue weighted by atomic mass is 9.83. The van der Waals surface area contributed by atoms with Gasteiger partial charge in [0.25, 0.3) is 0 Å². The summed E-state index contributed by atoms with van der Waals surface area (Å²) in [5, 5.41) is 10.0. The Morgan fingerprint density at radius 1 is 0.878 bits per heavy atom. The monoisotopic (exact) mass is 580 g/mol. The van der Waals surface area contributed by atoms with Crippen molar-refractivity contribution in [2.24, 2.45) is 5.73 Å². The molecule has 4 N–H and O–H groups in total. The third-order valence-electron chi connectivity index (χ3n) is 5.81. The van der Waals surface area contributed by atoms with E-state index in [-0.39, 0.29) is 24.3 Å². The van der Waals surface area contributed by atoms with Crippen LogP contribution in [0, 0.1) is 0 Å². The molecule has 0 aliphatic heterocycles. The van der Waals surface area contributed by atoms with Crippen LogP contribution in [0.1, 0.15) is 24.0 Å². The lowest BCUT2D eigenvalue weighted by Crippen LogP contribution is -2.42. The second-order valence-electron chi connectivity index (χ2n) is 8.58. The van der Waals surface area contributed by atoms with Crippen molar-refractivity contribution >= 4 is 29.8 Å². The van der Waals surface area contributed by atoms with Gasteiger partial charge in [-0.2, -0.15) is 13.2 Å². The van der Waals surface area contributed by atoms with E-state index in [1.54, 1.807) is 52.7 Å². The summed E-state index contributed by atoms with van der Waals surface area (Å²) in [6, 6.07) is 10.6. The van der Waals surface area contributed by atoms with Crippen molar-refractivity contribution in [2.75, 3.05) is 35.0 Å². The molecule has 0 aromatic heterocycles. The number of carboxylic acids is 1. The number of carbonyl (C=O) groups excluding carboxylic acids is 2. The quantitative estimate of drug-likeness (QED) is 0.399. The van der Waals surface area contributed by atoms with Crippen molar-refractivity contribution in [2.45, 2.75) is 25.1 Å². The first-order valence-corrected chi connectivity index (χ1v) is 12.1. The SMILES string of the molecule is COc1ccc(/C=C2\CC(NC(=O)CN)C/C(=C\c3ccc(OC)c(OC)c3)C2=O)cc1OC.O=C(O)C(F)(F)F. The number of carboxylic acid groups (broad SMARTS) is 1. The van der Waals surface area contributed by atoms with Crippen LogP contribution in [0.5, 0.6) is 23.0 Å². The molecule has 222 valence electrons. The first-order valence-electron chi connectivity index (χ1n) is 12.1. The Labute approximate surface area is 234 Å². The Balaban J connectivity index is 0.000000745. The van der Waals surface area contributed by atoms with Crippen molar-refractivity contribution in [3.63, 3.8) is 0 Å². The minimum Gasteiger partial charge on any atom is -0.493 e. The summed E-state index contributed by atoms with van der Waals surface area (Å²) in [7, 11) is 6.25. The molecule has 2 aromatic rings. The first kappa shape index (κ1) is 32.7. The van der Waals surface area contributed by atoms with Gasteiger partial charge in [-0.25, -0.2) is 4.79 Å². The molecule has 1 aliphatic rings. The summed E-state index contributed by atoms with van der Waals surface area (Å²) < 4.78 is 53.1. The highest BCUT2D eigenvalue weighted by molar-refractivity contribution is 6.14. The molecule has 13 heteroatoms. The normalized spacial score (nSPS) is 16.9. The molecule has 10 nitrogen and oxygen atoms in total. The molecule has 0 atom stereocenters. The maximum Gasteiger partial charge on any atom is 0.490 e. The number of aliphatic carboxylic acids is 1. The molecule has 41 heavy (non-hydrogen) atoms. The number of ketones is 1. The molecule has 1 aliphatic carbocycles. The fourth-order valence-corrected chi connectivity index (χ4v) is 3.92. The standard InChI is InChI=1S/C26H30N2O6.C2HF3O2/c1-31-21-7-5-16(11-23(21)33-3)9-18-13-20(28-25(29)15-27)14-19(26(18)30)10-17-6-8-22(32-2)24(12-17)34-4;3-2(4,5)1(6)7/h5-12,20H,13-15,27H2,1-4H3,(H,28,29);(H,6,7)/b18-9+,19-10+;. The molecular formula is C28H31F3N2O8. The van der Waals surface area contributed by atoms with Crippen LogP contribution in [0.3, 0.4) is 0 Å². The van der Waals surface area contributed by atoms with Crippen molar-refractivity contribution in [3.8, 4) is 23.0 Å². The molecule has 0 saturated heterocycles. The number of hydrogen-bond donors (Lipinski definition) is 3. The van der Waals surface area contributed by atoms with Gasteiger partial charge in [-0.3, -0.25) is 9.59 Å². The van der Waals surface area contributed by atoms with E-state index in [1.807, 2.05) is 24.3 Å². The van der Waals surface area contributed by atoms with Gasteiger partial charge in [0.05, 0.1) is 35.0 Å². The Hall–Kier alpha value is -4.52. The minimum absolute atomic E-state index is 0.0807. The Morgan fingerprint density at radius 2 is 1.27 bits per heavy atom. The number of hydrogen-bond acceptors (Lipinski definition) is 8. The predicted octanol–water partition coefficient (Wildman–Crippen LogP) is 3.63. The van der Waals surface area contributed by atoms with Crippen molar-refractivity contribution in [3.05, 3.63) is 58.7 Å². The molecule has 3 rings (SSSR count). The van der Waals surface area contributed by atoms with Crippen LogP contribution in [0.4, 0.5) is 13.2 Å². The zero-order valence-corrected chi connectivity index (χ0v) is 22.8. The third-order valence-corrected chi connectivity index (χ3v) is 5.81. The van der Waals surface area contributed by atoms with Crippen LogP contribution >= 0.6 is 0 Å². The average Bonchev–Trinajstić information content (AvgIpc) is 2.94. The second kappa shape index (κ2) is 14.7. The smallest absolute Gasteiger partial charge is 0.490 e. The molecule has 1 amide bonds. The number of alkyl halides is 3. The number of carbonyl (C=O) groups is 3. The number of methoxy groups -OCH3 is 4. The highest BCUT2D eigenvalue weighted by Gasteiger charge is 2.38. The van der Waals surface area contributed by atoms with E-state index in [9.17, 15) is 22.8 Å². The summed E-state index contributed by atoms with van der Waals surface area (Å²) in [6.07, 6.45) is -0.675. The number of ether oxygens (including phenoxy) is 4. The number of rotatable bonds is 8. The van der Waals surface area contributed by atoms with Crippen molar-refractivity contribution < 1.29 is 51.6 Å². The van der Waals surface area contributed by atoms with E-state index >= 15 is 0 Å². The summed E-state index contributed by atoms with van der Waals surface area (Å²) in [5.74, 6) is -0.780. The lowest BCUT2D eigenvalue weighted by Gasteiger charge is -2.26. The van der Waals surface area contributed by atoms with Gasteiger partial charge < -0.3 is 35.1 Å². The summed E-state index contributed by atoms with van der Waals surface area (Å²) in [4.78, 5) is 34.3. The molecule has 0 spiro atoms. The number of Topliss-reactive ketones (excluding diaryl/α,β-unsaturated/α-hetero) is 1. The molecule has 0 heterocycles. The summed E-state index contributed by atoms with van der Waals surface area (Å²) >= 11 is 0. The Kier molecular flexibility index (Phi) is 11.8. The van der Waals surface area contributed by atoms with Gasteiger partial charge in [0, 0.05) is 17.2 Å². The summed E-state index contributed by atoms with van der Waals surface area (Å²) in [5.41, 5.74) is 8.22. The molecular weight excluding hydrogens is 549 g/mol. The largest absolute Gasteiger partial charge is 0.493 e. The Morgan fingerprint density at radius 3 is 1.59 bits per heavy atom. The maximum absolute atomic E-state index is 13.4. The first-order chi connectivity index (χ1) is 19.4. The maximum atomic E-state index is 13.4. The zero-order chi connectivity index (χ0) is 30.7. The fourth-order valence-electron chi connectivity index (χ4n) is 3.92. The van der Waals surface area contributed by atoms with E-state index in [0.29, 0.717) is 47.0 Å². The minimum atomic E-state index is -5.08. The second-order valence-corrected chi connectivity index (χ2v) is 8.58. The highest BCUT2D eigenvalue weighted by atomic mass is 19.4. The van der Waals surface area contributed by atoms with E-state index in [4.69, 9.17) is 34.6 Å². The molecule has 0 radical (unpaired) electrons. The molecule has 2 aromatic carbocycles. The van der Waals surface area contributed by atoms with Crippen LogP contribution in [-0.2, 0) is 14.4 Å². The predicted molar refractivity (Wildman–Crippen MR) is 144 cm³/mol.